The molecular formula is C30H34N8O4. The van der Waals surface area contributed by atoms with Gasteiger partial charge in [-0.3, -0.25) is 24.0 Å². The van der Waals surface area contributed by atoms with Crippen molar-refractivity contribution in [2.45, 2.75) is 45.7 Å². The zero-order valence-electron chi connectivity index (χ0n) is 23.7. The van der Waals surface area contributed by atoms with Gasteiger partial charge in [-0.25, -0.2) is 4.98 Å². The molecule has 0 bridgehead atoms. The highest BCUT2D eigenvalue weighted by atomic mass is 16.5. The van der Waals surface area contributed by atoms with Gasteiger partial charge in [0.15, 0.2) is 5.78 Å². The standard InChI is InChI=1S/C30H34N8O4/c1-3-37-24(13-19(2)36-37)25(39)17-34-30-35-23-14-21(29(31)41)15-26-28(23)38(30)22(18-42-26)8-4-5-12-33-27(40)10-9-20-7-6-11-32-16-20/h6-7,9-11,13-16,22H,3-5,8,12,17-18H2,1-2H3,(H2,31,41)(H,33,40)(H,34,35)/b10-9+/t22-/m0/s1. The molecule has 0 spiro atoms. The Kier molecular flexibility index (Phi) is 8.60. The summed E-state index contributed by atoms with van der Waals surface area (Å²) in [6.07, 6.45) is 8.95. The number of hydrogen-bond donors (Lipinski definition) is 3. The fourth-order valence-electron chi connectivity index (χ4n) is 5.08. The fraction of sp³-hybridized carbons (Fsp3) is 0.333. The number of aromatic nitrogens is 5. The molecule has 5 rings (SSSR count). The van der Waals surface area contributed by atoms with Crippen LogP contribution in [-0.2, 0) is 11.3 Å². The van der Waals surface area contributed by atoms with Crippen molar-refractivity contribution in [3.8, 4) is 5.75 Å². The summed E-state index contributed by atoms with van der Waals surface area (Å²) in [6, 6.07) is 8.68. The highest BCUT2D eigenvalue weighted by Crippen LogP contribution is 2.38. The van der Waals surface area contributed by atoms with E-state index in [2.05, 4.69) is 20.7 Å². The molecule has 0 fully saturated rings. The van der Waals surface area contributed by atoms with Crippen molar-refractivity contribution in [2.75, 3.05) is 25.0 Å². The van der Waals surface area contributed by atoms with Crippen LogP contribution in [-0.4, -0.2) is 61.6 Å². The Balaban J connectivity index is 1.26. The second-order valence-corrected chi connectivity index (χ2v) is 10.1. The molecule has 0 unspecified atom stereocenters. The van der Waals surface area contributed by atoms with E-state index < -0.39 is 5.91 Å². The second-order valence-electron chi connectivity index (χ2n) is 10.1. The second kappa shape index (κ2) is 12.7. The number of ether oxygens (including phenoxy) is 1. The summed E-state index contributed by atoms with van der Waals surface area (Å²) < 4.78 is 9.78. The molecule has 0 aliphatic carbocycles. The molecule has 12 nitrogen and oxygen atoms in total. The molecular weight excluding hydrogens is 536 g/mol. The van der Waals surface area contributed by atoms with Gasteiger partial charge in [0.1, 0.15) is 23.6 Å². The molecule has 1 aliphatic heterocycles. The van der Waals surface area contributed by atoms with E-state index in [0.29, 0.717) is 48.2 Å². The molecule has 1 aliphatic rings. The first-order valence-electron chi connectivity index (χ1n) is 14.0. The zero-order chi connectivity index (χ0) is 29.6. The number of primary amides is 1. The van der Waals surface area contributed by atoms with Gasteiger partial charge in [-0.1, -0.05) is 6.07 Å². The van der Waals surface area contributed by atoms with Crippen molar-refractivity contribution >= 4 is 40.7 Å². The number of unbranched alkanes of at least 4 members (excludes halogenated alkanes) is 1. The molecule has 2 amide bonds. The molecule has 4 aromatic rings. The number of rotatable bonds is 13. The lowest BCUT2D eigenvalue weighted by molar-refractivity contribution is -0.116. The van der Waals surface area contributed by atoms with Crippen molar-refractivity contribution in [1.82, 2.24) is 29.6 Å². The zero-order valence-corrected chi connectivity index (χ0v) is 23.7. The third-order valence-corrected chi connectivity index (χ3v) is 7.10. The number of carbonyl (C=O) groups is 3. The number of hydrogen-bond acceptors (Lipinski definition) is 8. The molecule has 0 radical (unpaired) electrons. The number of pyridine rings is 1. The summed E-state index contributed by atoms with van der Waals surface area (Å²) in [5.74, 6) is 0.205. The third kappa shape index (κ3) is 6.32. The largest absolute Gasteiger partial charge is 0.489 e. The van der Waals surface area contributed by atoms with Crippen LogP contribution in [0, 0.1) is 6.92 Å². The quantitative estimate of drug-likeness (QED) is 0.125. The van der Waals surface area contributed by atoms with E-state index >= 15 is 0 Å². The van der Waals surface area contributed by atoms with Crippen LogP contribution < -0.4 is 21.1 Å². The van der Waals surface area contributed by atoms with Gasteiger partial charge in [-0.05, 0) is 69.0 Å². The number of nitrogens with one attached hydrogen (secondary N) is 2. The average Bonchev–Trinajstić information content (AvgIpc) is 3.57. The molecule has 4 heterocycles. The number of anilines is 1. The lowest BCUT2D eigenvalue weighted by Crippen LogP contribution is -2.26. The number of ketones is 1. The van der Waals surface area contributed by atoms with E-state index in [4.69, 9.17) is 15.5 Å². The normalized spacial score (nSPS) is 14.2. The van der Waals surface area contributed by atoms with E-state index in [1.807, 2.05) is 30.5 Å². The minimum absolute atomic E-state index is 0.0264. The maximum absolute atomic E-state index is 13.1. The van der Waals surface area contributed by atoms with Gasteiger partial charge in [-0.2, -0.15) is 5.10 Å². The van der Waals surface area contributed by atoms with Crippen LogP contribution in [0.25, 0.3) is 17.1 Å². The Hall–Kier alpha value is -5.00. The molecule has 0 saturated heterocycles. The maximum atomic E-state index is 13.1. The van der Waals surface area contributed by atoms with Crippen LogP contribution in [0.3, 0.4) is 0 Å². The molecule has 0 saturated carbocycles. The van der Waals surface area contributed by atoms with E-state index in [9.17, 15) is 14.4 Å². The van der Waals surface area contributed by atoms with Crippen molar-refractivity contribution < 1.29 is 19.1 Å². The number of imidazole rings is 1. The van der Waals surface area contributed by atoms with Crippen LogP contribution in [0.5, 0.6) is 5.75 Å². The molecule has 42 heavy (non-hydrogen) atoms. The lowest BCUT2D eigenvalue weighted by atomic mass is 10.1. The summed E-state index contributed by atoms with van der Waals surface area (Å²) in [7, 11) is 0. The van der Waals surface area contributed by atoms with Gasteiger partial charge in [0, 0.05) is 37.1 Å². The Bertz CT molecular complexity index is 1640. The first-order valence-corrected chi connectivity index (χ1v) is 14.0. The van der Waals surface area contributed by atoms with Crippen molar-refractivity contribution in [3.05, 3.63) is 71.3 Å². The highest BCUT2D eigenvalue weighted by molar-refractivity contribution is 6.00. The number of Topliss-reactive ketones (excluding diaryl/α,β-unsaturated/α-hetero) is 1. The summed E-state index contributed by atoms with van der Waals surface area (Å²) in [5, 5.41) is 10.5. The minimum Gasteiger partial charge on any atom is -0.489 e. The number of carbonyl (C=O) groups excluding carboxylic acids is 3. The smallest absolute Gasteiger partial charge is 0.248 e. The summed E-state index contributed by atoms with van der Waals surface area (Å²) in [4.78, 5) is 45.9. The van der Waals surface area contributed by atoms with Gasteiger partial charge >= 0.3 is 0 Å². The van der Waals surface area contributed by atoms with E-state index in [-0.39, 0.29) is 24.3 Å². The first kappa shape index (κ1) is 28.5. The molecule has 4 N–H and O–H groups in total. The van der Waals surface area contributed by atoms with Gasteiger partial charge in [0.05, 0.1) is 23.8 Å². The Labute approximate surface area is 243 Å². The van der Waals surface area contributed by atoms with Gasteiger partial charge < -0.3 is 25.7 Å². The Morgan fingerprint density at radius 3 is 2.83 bits per heavy atom. The van der Waals surface area contributed by atoms with Crippen LogP contribution in [0.15, 0.2) is 48.8 Å². The van der Waals surface area contributed by atoms with Gasteiger partial charge in [0.2, 0.25) is 17.8 Å². The minimum atomic E-state index is -0.571. The number of benzene rings is 1. The van der Waals surface area contributed by atoms with Crippen LogP contribution in [0.1, 0.15) is 64.3 Å². The molecule has 218 valence electrons. The Morgan fingerprint density at radius 2 is 2.07 bits per heavy atom. The van der Waals surface area contributed by atoms with Crippen LogP contribution in [0.2, 0.25) is 0 Å². The molecule has 3 aromatic heterocycles. The predicted octanol–water partition coefficient (Wildman–Crippen LogP) is 3.28. The highest BCUT2D eigenvalue weighted by Gasteiger charge is 2.28. The number of aryl methyl sites for hydroxylation is 2. The number of nitrogens with two attached hydrogens (primary N) is 1. The lowest BCUT2D eigenvalue weighted by Gasteiger charge is -2.27. The van der Waals surface area contributed by atoms with E-state index in [1.54, 1.807) is 41.4 Å². The Morgan fingerprint density at radius 1 is 1.21 bits per heavy atom. The molecule has 1 atom stereocenters. The van der Waals surface area contributed by atoms with E-state index in [1.165, 1.54) is 6.08 Å². The predicted molar refractivity (Wildman–Crippen MR) is 158 cm³/mol. The van der Waals surface area contributed by atoms with E-state index in [0.717, 1.165) is 36.0 Å². The molecule has 12 heteroatoms. The monoisotopic (exact) mass is 570 g/mol. The molecule has 1 aromatic carbocycles. The third-order valence-electron chi connectivity index (χ3n) is 7.10. The maximum Gasteiger partial charge on any atom is 0.248 e. The van der Waals surface area contributed by atoms with Crippen LogP contribution >= 0.6 is 0 Å². The van der Waals surface area contributed by atoms with Gasteiger partial charge in [-0.15, -0.1) is 0 Å². The van der Waals surface area contributed by atoms with Crippen molar-refractivity contribution in [2.24, 2.45) is 5.73 Å². The first-order chi connectivity index (χ1) is 20.3. The summed E-state index contributed by atoms with van der Waals surface area (Å²) in [5.41, 5.74) is 9.32. The van der Waals surface area contributed by atoms with Crippen molar-refractivity contribution in [3.63, 3.8) is 0 Å². The van der Waals surface area contributed by atoms with Crippen LogP contribution in [0.4, 0.5) is 5.95 Å². The summed E-state index contributed by atoms with van der Waals surface area (Å²) >= 11 is 0. The number of amides is 2. The average molecular weight is 571 g/mol. The number of nitrogens with zero attached hydrogens (tertiary/aromatic N) is 5. The topological polar surface area (TPSA) is 159 Å². The van der Waals surface area contributed by atoms with Gasteiger partial charge in [0.25, 0.3) is 0 Å². The fourth-order valence-corrected chi connectivity index (χ4v) is 5.08. The summed E-state index contributed by atoms with van der Waals surface area (Å²) in [6.45, 7) is 5.31. The SMILES string of the molecule is CCn1nc(C)cc1C(=O)CNc1nc2cc(C(N)=O)cc3c2n1[C@@H](CCCCNC(=O)/C=C/c1cccnc1)CO3. The van der Waals surface area contributed by atoms with Crippen molar-refractivity contribution in [1.29, 1.82) is 0 Å².